The van der Waals surface area contributed by atoms with Gasteiger partial charge in [-0.25, -0.2) is 0 Å². The molecule has 0 bridgehead atoms. The standard InChI is InChI=1S/C9H20N2O2/c1-4-11(3)7-6-10-8-9(12)13-5-2/h10H,4-8H2,1-3H3. The molecule has 0 aliphatic carbocycles. The van der Waals surface area contributed by atoms with Gasteiger partial charge in [0, 0.05) is 13.1 Å². The highest BCUT2D eigenvalue weighted by Gasteiger charge is 1.99. The number of hydrogen-bond acceptors (Lipinski definition) is 4. The van der Waals surface area contributed by atoms with Crippen LogP contribution in [0.4, 0.5) is 0 Å². The Hall–Kier alpha value is -0.610. The van der Waals surface area contributed by atoms with Gasteiger partial charge in [0.1, 0.15) is 0 Å². The fraction of sp³-hybridized carbons (Fsp3) is 0.889. The zero-order valence-corrected chi connectivity index (χ0v) is 8.80. The van der Waals surface area contributed by atoms with Crippen LogP contribution >= 0.6 is 0 Å². The van der Waals surface area contributed by atoms with Crippen LogP contribution in [0.1, 0.15) is 13.8 Å². The second kappa shape index (κ2) is 8.01. The van der Waals surface area contributed by atoms with E-state index in [4.69, 9.17) is 4.74 Å². The van der Waals surface area contributed by atoms with Crippen LogP contribution in [-0.4, -0.2) is 50.7 Å². The molecule has 0 spiro atoms. The minimum absolute atomic E-state index is 0.179. The summed E-state index contributed by atoms with van der Waals surface area (Å²) in [6.07, 6.45) is 0. The van der Waals surface area contributed by atoms with Crippen LogP contribution in [0.3, 0.4) is 0 Å². The van der Waals surface area contributed by atoms with Gasteiger partial charge in [-0.1, -0.05) is 6.92 Å². The number of hydrogen-bond donors (Lipinski definition) is 1. The second-order valence-corrected chi connectivity index (χ2v) is 2.88. The van der Waals surface area contributed by atoms with Gasteiger partial charge < -0.3 is 15.0 Å². The van der Waals surface area contributed by atoms with Gasteiger partial charge >= 0.3 is 5.97 Å². The molecule has 4 nitrogen and oxygen atoms in total. The molecule has 13 heavy (non-hydrogen) atoms. The molecule has 0 radical (unpaired) electrons. The van der Waals surface area contributed by atoms with Gasteiger partial charge in [0.2, 0.25) is 0 Å². The summed E-state index contributed by atoms with van der Waals surface area (Å²) in [5.74, 6) is -0.179. The van der Waals surface area contributed by atoms with E-state index in [0.717, 1.165) is 19.6 Å². The fourth-order valence-electron chi connectivity index (χ4n) is 0.831. The van der Waals surface area contributed by atoms with Gasteiger partial charge in [-0.2, -0.15) is 0 Å². The second-order valence-electron chi connectivity index (χ2n) is 2.88. The first-order chi connectivity index (χ1) is 6.20. The smallest absolute Gasteiger partial charge is 0.319 e. The molecule has 78 valence electrons. The van der Waals surface area contributed by atoms with Crippen molar-refractivity contribution in [1.29, 1.82) is 0 Å². The molecular weight excluding hydrogens is 168 g/mol. The van der Waals surface area contributed by atoms with E-state index >= 15 is 0 Å². The van der Waals surface area contributed by atoms with Gasteiger partial charge in [-0.05, 0) is 20.5 Å². The summed E-state index contributed by atoms with van der Waals surface area (Å²) in [7, 11) is 2.05. The molecule has 0 aromatic carbocycles. The Bertz CT molecular complexity index is 140. The van der Waals surface area contributed by atoms with E-state index in [2.05, 4.69) is 17.1 Å². The number of carbonyl (C=O) groups is 1. The summed E-state index contributed by atoms with van der Waals surface area (Å²) >= 11 is 0. The molecule has 0 atom stereocenters. The maximum atomic E-state index is 10.9. The highest BCUT2D eigenvalue weighted by Crippen LogP contribution is 1.78. The Morgan fingerprint density at radius 2 is 2.15 bits per heavy atom. The summed E-state index contributed by atoms with van der Waals surface area (Å²) in [5.41, 5.74) is 0. The van der Waals surface area contributed by atoms with E-state index in [1.54, 1.807) is 0 Å². The van der Waals surface area contributed by atoms with E-state index in [1.807, 2.05) is 14.0 Å². The Morgan fingerprint density at radius 1 is 1.46 bits per heavy atom. The minimum Gasteiger partial charge on any atom is -0.465 e. The Kier molecular flexibility index (Phi) is 7.63. The van der Waals surface area contributed by atoms with Gasteiger partial charge in [0.25, 0.3) is 0 Å². The summed E-state index contributed by atoms with van der Waals surface area (Å²) in [5, 5.41) is 3.02. The lowest BCUT2D eigenvalue weighted by Crippen LogP contribution is -2.32. The Labute approximate surface area is 80.2 Å². The molecule has 0 saturated carbocycles. The number of esters is 1. The van der Waals surface area contributed by atoms with Gasteiger partial charge in [0.05, 0.1) is 13.2 Å². The third-order valence-electron chi connectivity index (χ3n) is 1.78. The zero-order valence-electron chi connectivity index (χ0n) is 8.80. The number of rotatable bonds is 7. The van der Waals surface area contributed by atoms with Crippen molar-refractivity contribution in [1.82, 2.24) is 10.2 Å². The lowest BCUT2D eigenvalue weighted by Gasteiger charge is -2.13. The minimum atomic E-state index is -0.179. The molecule has 0 heterocycles. The molecule has 0 unspecified atom stereocenters. The topological polar surface area (TPSA) is 41.6 Å². The molecular formula is C9H20N2O2. The van der Waals surface area contributed by atoms with E-state index in [9.17, 15) is 4.79 Å². The van der Waals surface area contributed by atoms with Crippen molar-refractivity contribution >= 4 is 5.97 Å². The average Bonchev–Trinajstić information content (AvgIpc) is 2.12. The van der Waals surface area contributed by atoms with E-state index in [1.165, 1.54) is 0 Å². The number of ether oxygens (including phenoxy) is 1. The first kappa shape index (κ1) is 12.4. The SMILES string of the molecule is CCOC(=O)CNCCN(C)CC. The van der Waals surface area contributed by atoms with Crippen molar-refractivity contribution in [3.8, 4) is 0 Å². The van der Waals surface area contributed by atoms with Crippen molar-refractivity contribution in [2.75, 3.05) is 39.8 Å². The predicted octanol–water partition coefficient (Wildman–Crippen LogP) is 0.0908. The molecule has 0 rings (SSSR count). The predicted molar refractivity (Wildman–Crippen MR) is 52.7 cm³/mol. The van der Waals surface area contributed by atoms with Crippen LogP contribution in [0.25, 0.3) is 0 Å². The first-order valence-electron chi connectivity index (χ1n) is 4.75. The Balaban J connectivity index is 3.20. The van der Waals surface area contributed by atoms with E-state index < -0.39 is 0 Å². The van der Waals surface area contributed by atoms with Gasteiger partial charge in [-0.3, -0.25) is 4.79 Å². The van der Waals surface area contributed by atoms with Crippen LogP contribution in [0.5, 0.6) is 0 Å². The normalized spacial score (nSPS) is 10.5. The maximum Gasteiger partial charge on any atom is 0.319 e. The van der Waals surface area contributed by atoms with Crippen LogP contribution in [-0.2, 0) is 9.53 Å². The highest BCUT2D eigenvalue weighted by atomic mass is 16.5. The molecule has 0 aliphatic rings. The maximum absolute atomic E-state index is 10.9. The Morgan fingerprint density at radius 3 is 2.69 bits per heavy atom. The monoisotopic (exact) mass is 188 g/mol. The average molecular weight is 188 g/mol. The van der Waals surface area contributed by atoms with Gasteiger partial charge in [-0.15, -0.1) is 0 Å². The highest BCUT2D eigenvalue weighted by molar-refractivity contribution is 5.71. The third kappa shape index (κ3) is 7.74. The van der Waals surface area contributed by atoms with Crippen molar-refractivity contribution in [2.45, 2.75) is 13.8 Å². The number of nitrogens with one attached hydrogen (secondary N) is 1. The lowest BCUT2D eigenvalue weighted by atomic mass is 10.5. The van der Waals surface area contributed by atoms with Crippen molar-refractivity contribution in [2.24, 2.45) is 0 Å². The van der Waals surface area contributed by atoms with Gasteiger partial charge in [0.15, 0.2) is 0 Å². The molecule has 0 aliphatic heterocycles. The molecule has 0 saturated heterocycles. The van der Waals surface area contributed by atoms with Crippen LogP contribution in [0, 0.1) is 0 Å². The molecule has 4 heteroatoms. The largest absolute Gasteiger partial charge is 0.465 e. The van der Waals surface area contributed by atoms with Crippen LogP contribution in [0.2, 0.25) is 0 Å². The molecule has 0 aromatic rings. The van der Waals surface area contributed by atoms with Crippen LogP contribution in [0.15, 0.2) is 0 Å². The fourth-order valence-corrected chi connectivity index (χ4v) is 0.831. The molecule has 1 N–H and O–H groups in total. The van der Waals surface area contributed by atoms with Crippen LogP contribution < -0.4 is 5.32 Å². The number of nitrogens with zero attached hydrogens (tertiary/aromatic N) is 1. The van der Waals surface area contributed by atoms with Crippen molar-refractivity contribution in [3.63, 3.8) is 0 Å². The molecule has 0 amide bonds. The third-order valence-corrected chi connectivity index (χ3v) is 1.78. The summed E-state index contributed by atoms with van der Waals surface area (Å²) < 4.78 is 4.76. The van der Waals surface area contributed by atoms with Crippen molar-refractivity contribution in [3.05, 3.63) is 0 Å². The summed E-state index contributed by atoms with van der Waals surface area (Å²) in [4.78, 5) is 13.0. The summed E-state index contributed by atoms with van der Waals surface area (Å²) in [6.45, 7) is 7.48. The number of likely N-dealkylation sites (N-methyl/N-ethyl adjacent to an activating group) is 1. The molecule has 0 fully saturated rings. The van der Waals surface area contributed by atoms with E-state index in [0.29, 0.717) is 13.2 Å². The first-order valence-corrected chi connectivity index (χ1v) is 4.75. The number of carbonyl (C=O) groups excluding carboxylic acids is 1. The van der Waals surface area contributed by atoms with Crippen molar-refractivity contribution < 1.29 is 9.53 Å². The quantitative estimate of drug-likeness (QED) is 0.454. The molecule has 0 aromatic heterocycles. The lowest BCUT2D eigenvalue weighted by molar-refractivity contribution is -0.141. The zero-order chi connectivity index (χ0) is 10.1. The van der Waals surface area contributed by atoms with E-state index in [-0.39, 0.29) is 5.97 Å². The summed E-state index contributed by atoms with van der Waals surface area (Å²) in [6, 6.07) is 0.